The minimum absolute atomic E-state index is 0.166. The van der Waals surface area contributed by atoms with Gasteiger partial charge in [-0.25, -0.2) is 0 Å². The SMILES string of the molecule is CCCCCCCCCCCCN1C(=O)/C(=C\c2c(Oc3ccc(C)cc3C)nc3ccccn3c2=O)SC1=S. The summed E-state index contributed by atoms with van der Waals surface area (Å²) in [5, 5.41) is 0. The standard InChI is InChI=1S/C32H39N3O3S2/c1-4-5-6-7-8-9-10-11-12-14-20-35-31(37)27(40-32(35)39)22-25-29(38-26-18-17-23(2)21-24(26)3)33-28-16-13-15-19-34(28)30(25)36/h13,15-19,21-22H,4-12,14,20H2,1-3H3/b27-22+. The number of fused-ring (bicyclic) bond motifs is 1. The normalized spacial score (nSPS) is 14.6. The van der Waals surface area contributed by atoms with Crippen LogP contribution in [-0.4, -0.2) is 31.1 Å². The predicted molar refractivity (Wildman–Crippen MR) is 169 cm³/mol. The van der Waals surface area contributed by atoms with Crippen molar-refractivity contribution in [1.29, 1.82) is 0 Å². The van der Waals surface area contributed by atoms with Crippen LogP contribution in [0.1, 0.15) is 87.8 Å². The highest BCUT2D eigenvalue weighted by Gasteiger charge is 2.32. The molecule has 8 heteroatoms. The fourth-order valence-electron chi connectivity index (χ4n) is 4.88. The number of aromatic nitrogens is 2. The summed E-state index contributed by atoms with van der Waals surface area (Å²) in [6, 6.07) is 11.2. The van der Waals surface area contributed by atoms with E-state index >= 15 is 0 Å². The summed E-state index contributed by atoms with van der Waals surface area (Å²) in [6.45, 7) is 6.81. The zero-order chi connectivity index (χ0) is 28.5. The van der Waals surface area contributed by atoms with Gasteiger partial charge in [0.25, 0.3) is 11.5 Å². The lowest BCUT2D eigenvalue weighted by molar-refractivity contribution is -0.122. The molecule has 2 aromatic heterocycles. The number of thioether (sulfide) groups is 1. The number of aryl methyl sites for hydroxylation is 2. The number of ether oxygens (including phenoxy) is 1. The number of carbonyl (C=O) groups excluding carboxylic acids is 1. The molecule has 0 saturated carbocycles. The summed E-state index contributed by atoms with van der Waals surface area (Å²) in [4.78, 5) is 33.6. The number of unbranched alkanes of at least 4 members (excludes halogenated alkanes) is 9. The van der Waals surface area contributed by atoms with Gasteiger partial charge in [0.05, 0.1) is 4.91 Å². The van der Waals surface area contributed by atoms with E-state index in [9.17, 15) is 9.59 Å². The van der Waals surface area contributed by atoms with Gasteiger partial charge in [0.1, 0.15) is 21.3 Å². The van der Waals surface area contributed by atoms with Crippen molar-refractivity contribution in [1.82, 2.24) is 14.3 Å². The Bertz CT molecular complexity index is 1450. The Morgan fingerprint density at radius 3 is 2.35 bits per heavy atom. The van der Waals surface area contributed by atoms with Crippen LogP contribution in [0.3, 0.4) is 0 Å². The molecule has 0 N–H and O–H groups in total. The number of carbonyl (C=O) groups is 1. The molecule has 1 aliphatic heterocycles. The van der Waals surface area contributed by atoms with Crippen LogP contribution in [0.2, 0.25) is 0 Å². The average Bonchev–Trinajstić information content (AvgIpc) is 3.20. The molecular formula is C32H39N3O3S2. The summed E-state index contributed by atoms with van der Waals surface area (Å²) in [5.74, 6) is 0.616. The number of amides is 1. The van der Waals surface area contributed by atoms with Gasteiger partial charge in [0.2, 0.25) is 5.88 Å². The summed E-state index contributed by atoms with van der Waals surface area (Å²) in [6.07, 6.45) is 15.6. The van der Waals surface area contributed by atoms with E-state index in [1.54, 1.807) is 29.3 Å². The molecule has 212 valence electrons. The first kappa shape index (κ1) is 30.0. The van der Waals surface area contributed by atoms with Crippen molar-refractivity contribution in [2.75, 3.05) is 6.54 Å². The summed E-state index contributed by atoms with van der Waals surface area (Å²) in [5.41, 5.74) is 2.44. The van der Waals surface area contributed by atoms with Crippen LogP contribution in [0.25, 0.3) is 11.7 Å². The number of nitrogens with zero attached hydrogens (tertiary/aromatic N) is 3. The van der Waals surface area contributed by atoms with Gasteiger partial charge in [0, 0.05) is 12.7 Å². The lowest BCUT2D eigenvalue weighted by Crippen LogP contribution is -2.29. The van der Waals surface area contributed by atoms with Gasteiger partial charge in [0.15, 0.2) is 0 Å². The maximum atomic E-state index is 13.5. The topological polar surface area (TPSA) is 63.9 Å². The van der Waals surface area contributed by atoms with Gasteiger partial charge in [-0.15, -0.1) is 0 Å². The van der Waals surface area contributed by atoms with Crippen molar-refractivity contribution >= 4 is 45.9 Å². The Hall–Kier alpha value is -2.97. The molecule has 3 heterocycles. The number of benzene rings is 1. The van der Waals surface area contributed by atoms with Crippen molar-refractivity contribution in [2.45, 2.75) is 85.0 Å². The maximum Gasteiger partial charge on any atom is 0.269 e. The smallest absolute Gasteiger partial charge is 0.269 e. The Kier molecular flexibility index (Phi) is 10.9. The van der Waals surface area contributed by atoms with E-state index in [1.165, 1.54) is 67.5 Å². The molecular weight excluding hydrogens is 539 g/mol. The maximum absolute atomic E-state index is 13.5. The first-order valence-corrected chi connectivity index (χ1v) is 15.6. The minimum atomic E-state index is -0.301. The molecule has 0 atom stereocenters. The molecule has 1 fully saturated rings. The van der Waals surface area contributed by atoms with Gasteiger partial charge in [-0.05, 0) is 50.1 Å². The van der Waals surface area contributed by atoms with Gasteiger partial charge in [-0.2, -0.15) is 4.98 Å². The van der Waals surface area contributed by atoms with Crippen molar-refractivity contribution in [3.8, 4) is 11.6 Å². The fourth-order valence-corrected chi connectivity index (χ4v) is 6.17. The second kappa shape index (κ2) is 14.6. The van der Waals surface area contributed by atoms with Crippen molar-refractivity contribution < 1.29 is 9.53 Å². The monoisotopic (exact) mass is 577 g/mol. The number of pyridine rings is 1. The van der Waals surface area contributed by atoms with Crippen LogP contribution in [0.15, 0.2) is 52.3 Å². The van der Waals surface area contributed by atoms with Gasteiger partial charge >= 0.3 is 0 Å². The number of hydrogen-bond acceptors (Lipinski definition) is 6. The minimum Gasteiger partial charge on any atom is -0.438 e. The van der Waals surface area contributed by atoms with E-state index in [0.29, 0.717) is 27.2 Å². The molecule has 1 aliphatic rings. The van der Waals surface area contributed by atoms with Crippen LogP contribution >= 0.6 is 24.0 Å². The average molecular weight is 578 g/mol. The van der Waals surface area contributed by atoms with Crippen LogP contribution in [-0.2, 0) is 4.79 Å². The highest BCUT2D eigenvalue weighted by Crippen LogP contribution is 2.35. The van der Waals surface area contributed by atoms with Gasteiger partial charge < -0.3 is 4.74 Å². The molecule has 1 aromatic carbocycles. The van der Waals surface area contributed by atoms with Crippen LogP contribution in [0.4, 0.5) is 0 Å². The Labute approximate surface area is 246 Å². The Balaban J connectivity index is 1.46. The number of hydrogen-bond donors (Lipinski definition) is 0. The van der Waals surface area contributed by atoms with Crippen LogP contribution in [0.5, 0.6) is 11.6 Å². The zero-order valence-corrected chi connectivity index (χ0v) is 25.4. The van der Waals surface area contributed by atoms with Gasteiger partial charge in [-0.3, -0.25) is 18.9 Å². The Morgan fingerprint density at radius 1 is 0.950 bits per heavy atom. The third-order valence-electron chi connectivity index (χ3n) is 7.16. The summed E-state index contributed by atoms with van der Waals surface area (Å²) in [7, 11) is 0. The van der Waals surface area contributed by atoms with Gasteiger partial charge in [-0.1, -0.05) is 112 Å². The predicted octanol–water partition coefficient (Wildman–Crippen LogP) is 8.23. The Morgan fingerprint density at radius 2 is 1.65 bits per heavy atom. The second-order valence-corrected chi connectivity index (χ2v) is 12.1. The van der Waals surface area contributed by atoms with Crippen LogP contribution in [0, 0.1) is 13.8 Å². The highest BCUT2D eigenvalue weighted by atomic mass is 32.2. The molecule has 0 radical (unpaired) electrons. The van der Waals surface area contributed by atoms with E-state index in [-0.39, 0.29) is 22.9 Å². The molecule has 0 aliphatic carbocycles. The van der Waals surface area contributed by atoms with E-state index < -0.39 is 0 Å². The number of rotatable bonds is 14. The third-order valence-corrected chi connectivity index (χ3v) is 8.53. The summed E-state index contributed by atoms with van der Waals surface area (Å²) < 4.78 is 8.18. The molecule has 0 spiro atoms. The van der Waals surface area contributed by atoms with E-state index in [4.69, 9.17) is 17.0 Å². The molecule has 0 unspecified atom stereocenters. The van der Waals surface area contributed by atoms with E-state index in [0.717, 1.165) is 24.0 Å². The zero-order valence-electron chi connectivity index (χ0n) is 23.8. The molecule has 6 nitrogen and oxygen atoms in total. The molecule has 1 amide bonds. The number of thiocarbonyl (C=S) groups is 1. The van der Waals surface area contributed by atoms with E-state index in [2.05, 4.69) is 11.9 Å². The van der Waals surface area contributed by atoms with Crippen molar-refractivity contribution in [3.05, 3.63) is 74.5 Å². The molecule has 3 aromatic rings. The highest BCUT2D eigenvalue weighted by molar-refractivity contribution is 8.26. The largest absolute Gasteiger partial charge is 0.438 e. The fraction of sp³-hybridized carbons (Fsp3) is 0.438. The first-order valence-electron chi connectivity index (χ1n) is 14.4. The van der Waals surface area contributed by atoms with Crippen molar-refractivity contribution in [2.24, 2.45) is 0 Å². The molecule has 0 bridgehead atoms. The van der Waals surface area contributed by atoms with E-state index in [1.807, 2.05) is 38.1 Å². The van der Waals surface area contributed by atoms with Crippen molar-refractivity contribution in [3.63, 3.8) is 0 Å². The lowest BCUT2D eigenvalue weighted by Gasteiger charge is -2.14. The first-order chi connectivity index (χ1) is 19.4. The molecule has 4 rings (SSSR count). The quantitative estimate of drug-likeness (QED) is 0.109. The second-order valence-electron chi connectivity index (χ2n) is 10.5. The third kappa shape index (κ3) is 7.61. The molecule has 40 heavy (non-hydrogen) atoms. The lowest BCUT2D eigenvalue weighted by atomic mass is 10.1. The summed E-state index contributed by atoms with van der Waals surface area (Å²) >= 11 is 6.78. The molecule has 1 saturated heterocycles. The van der Waals surface area contributed by atoms with Crippen LogP contribution < -0.4 is 10.3 Å².